The molecule has 2 aromatic heterocycles. The van der Waals surface area contributed by atoms with Gasteiger partial charge in [0.05, 0.1) is 0 Å². The number of ether oxygens (including phenoxy) is 1. The number of carbonyl (C=O) groups is 1. The van der Waals surface area contributed by atoms with Gasteiger partial charge in [0.1, 0.15) is 10.7 Å². The molecule has 0 amide bonds. The number of aryl methyl sites for hydroxylation is 1. The maximum absolute atomic E-state index is 13.9. The fourth-order valence-electron chi connectivity index (χ4n) is 2.20. The van der Waals surface area contributed by atoms with Crippen LogP contribution in [-0.2, 0) is 11.3 Å². The minimum atomic E-state index is -0.521. The van der Waals surface area contributed by atoms with Crippen LogP contribution < -0.4 is 0 Å². The average molecular weight is 334 g/mol. The highest BCUT2D eigenvalue weighted by Crippen LogP contribution is 2.33. The molecule has 0 aliphatic heterocycles. The van der Waals surface area contributed by atoms with Gasteiger partial charge in [-0.1, -0.05) is 25.1 Å². The van der Waals surface area contributed by atoms with Crippen LogP contribution in [0.15, 0.2) is 22.7 Å². The Kier molecular flexibility index (Phi) is 4.12. The fraction of sp³-hybridized carbons (Fsp3) is 0.312. The highest BCUT2D eigenvalue weighted by molar-refractivity contribution is 7.21. The zero-order valence-corrected chi connectivity index (χ0v) is 13.7. The van der Waals surface area contributed by atoms with Crippen molar-refractivity contribution in [3.63, 3.8) is 0 Å². The lowest BCUT2D eigenvalue weighted by Gasteiger charge is -2.00. The molecule has 0 saturated carbocycles. The van der Waals surface area contributed by atoms with E-state index < -0.39 is 5.97 Å². The van der Waals surface area contributed by atoms with E-state index in [1.54, 1.807) is 19.1 Å². The number of nitrogens with zero attached hydrogens (tertiary/aromatic N) is 2. The molecule has 0 unspecified atom stereocenters. The van der Waals surface area contributed by atoms with E-state index in [2.05, 4.69) is 10.1 Å². The van der Waals surface area contributed by atoms with Crippen LogP contribution in [0.1, 0.15) is 46.7 Å². The molecule has 0 atom stereocenters. The van der Waals surface area contributed by atoms with Gasteiger partial charge in [0.2, 0.25) is 0 Å². The molecule has 0 aliphatic rings. The lowest BCUT2D eigenvalue weighted by atomic mass is 10.1. The van der Waals surface area contributed by atoms with Crippen LogP contribution in [0.3, 0.4) is 0 Å². The molecule has 0 fully saturated rings. The molecule has 0 saturated heterocycles. The summed E-state index contributed by atoms with van der Waals surface area (Å²) in [6.45, 7) is 5.49. The summed E-state index contributed by atoms with van der Waals surface area (Å²) in [5.41, 5.74) is 0.585. The lowest BCUT2D eigenvalue weighted by Crippen LogP contribution is -2.05. The number of hydrogen-bond donors (Lipinski definition) is 0. The van der Waals surface area contributed by atoms with E-state index in [9.17, 15) is 9.18 Å². The molecule has 120 valence electrons. The first kappa shape index (κ1) is 15.6. The van der Waals surface area contributed by atoms with Gasteiger partial charge in [-0.3, -0.25) is 0 Å². The van der Waals surface area contributed by atoms with E-state index in [-0.39, 0.29) is 24.2 Å². The summed E-state index contributed by atoms with van der Waals surface area (Å²) in [5.74, 6) is 0.0837. The molecule has 7 heteroatoms. The molecule has 3 aromatic rings. The summed E-state index contributed by atoms with van der Waals surface area (Å²) >= 11 is 1.21. The van der Waals surface area contributed by atoms with Crippen molar-refractivity contribution >= 4 is 27.4 Å². The van der Waals surface area contributed by atoms with Crippen molar-refractivity contribution in [1.82, 2.24) is 10.1 Å². The molecule has 0 aliphatic carbocycles. The second-order valence-electron chi connectivity index (χ2n) is 5.45. The summed E-state index contributed by atoms with van der Waals surface area (Å²) < 4.78 is 24.8. The number of esters is 1. The topological polar surface area (TPSA) is 65.2 Å². The van der Waals surface area contributed by atoms with Crippen LogP contribution in [0.2, 0.25) is 0 Å². The van der Waals surface area contributed by atoms with Crippen molar-refractivity contribution in [2.45, 2.75) is 33.3 Å². The Balaban J connectivity index is 1.78. The number of rotatable bonds is 4. The first-order valence-corrected chi connectivity index (χ1v) is 7.96. The zero-order chi connectivity index (χ0) is 16.6. The zero-order valence-electron chi connectivity index (χ0n) is 12.9. The van der Waals surface area contributed by atoms with Gasteiger partial charge in [0.15, 0.2) is 12.4 Å². The third-order valence-electron chi connectivity index (χ3n) is 3.42. The molecule has 0 radical (unpaired) electrons. The van der Waals surface area contributed by atoms with Crippen molar-refractivity contribution in [3.8, 4) is 0 Å². The summed E-state index contributed by atoms with van der Waals surface area (Å²) in [6.07, 6.45) is 0. The molecule has 0 bridgehead atoms. The number of fused-ring (bicyclic) bond motifs is 1. The second-order valence-corrected chi connectivity index (χ2v) is 6.50. The Hall–Kier alpha value is -2.28. The van der Waals surface area contributed by atoms with E-state index in [0.29, 0.717) is 26.4 Å². The monoisotopic (exact) mass is 334 g/mol. The van der Waals surface area contributed by atoms with Gasteiger partial charge < -0.3 is 9.26 Å². The summed E-state index contributed by atoms with van der Waals surface area (Å²) in [4.78, 5) is 16.8. The number of halogens is 1. The van der Waals surface area contributed by atoms with Crippen molar-refractivity contribution in [2.75, 3.05) is 0 Å². The van der Waals surface area contributed by atoms with Crippen LogP contribution in [0.25, 0.3) is 10.1 Å². The highest BCUT2D eigenvalue weighted by Gasteiger charge is 2.20. The van der Waals surface area contributed by atoms with Gasteiger partial charge in [-0.2, -0.15) is 4.98 Å². The minimum Gasteiger partial charge on any atom is -0.451 e. The molecule has 3 rings (SSSR count). The standard InChI is InChI=1S/C16H15FN2O3S/c1-8(2)15-18-12(22-19-15)7-21-16(20)14-9(3)13-10(17)5-4-6-11(13)23-14/h4-6,8H,7H2,1-3H3. The maximum atomic E-state index is 13.9. The van der Waals surface area contributed by atoms with Gasteiger partial charge in [-0.25, -0.2) is 9.18 Å². The molecule has 23 heavy (non-hydrogen) atoms. The Morgan fingerprint density at radius 2 is 2.22 bits per heavy atom. The van der Waals surface area contributed by atoms with E-state index in [4.69, 9.17) is 9.26 Å². The molecule has 5 nitrogen and oxygen atoms in total. The van der Waals surface area contributed by atoms with Gasteiger partial charge in [-0.15, -0.1) is 11.3 Å². The van der Waals surface area contributed by atoms with Crippen molar-refractivity contribution in [1.29, 1.82) is 0 Å². The Morgan fingerprint density at radius 1 is 1.43 bits per heavy atom. The number of carbonyl (C=O) groups excluding carboxylic acids is 1. The first-order valence-electron chi connectivity index (χ1n) is 7.14. The van der Waals surface area contributed by atoms with Crippen LogP contribution in [0, 0.1) is 12.7 Å². The molecule has 0 spiro atoms. The van der Waals surface area contributed by atoms with Crippen LogP contribution in [0.5, 0.6) is 0 Å². The summed E-state index contributed by atoms with van der Waals surface area (Å²) in [6, 6.07) is 4.78. The molecular weight excluding hydrogens is 319 g/mol. The molecular formula is C16H15FN2O3S. The summed E-state index contributed by atoms with van der Waals surface area (Å²) in [7, 11) is 0. The largest absolute Gasteiger partial charge is 0.451 e. The average Bonchev–Trinajstić information content (AvgIpc) is 3.11. The van der Waals surface area contributed by atoms with Crippen molar-refractivity contribution in [2.24, 2.45) is 0 Å². The SMILES string of the molecule is Cc1c(C(=O)OCc2nc(C(C)C)no2)sc2cccc(F)c12. The third kappa shape index (κ3) is 2.96. The lowest BCUT2D eigenvalue weighted by molar-refractivity contribution is 0.0435. The van der Waals surface area contributed by atoms with Gasteiger partial charge in [0, 0.05) is 16.0 Å². The highest BCUT2D eigenvalue weighted by atomic mass is 32.1. The van der Waals surface area contributed by atoms with E-state index in [1.807, 2.05) is 13.8 Å². The van der Waals surface area contributed by atoms with E-state index in [1.165, 1.54) is 17.4 Å². The predicted octanol–water partition coefficient (Wildman–Crippen LogP) is 4.21. The van der Waals surface area contributed by atoms with Crippen LogP contribution in [-0.4, -0.2) is 16.1 Å². The quantitative estimate of drug-likeness (QED) is 0.669. The van der Waals surface area contributed by atoms with E-state index >= 15 is 0 Å². The number of aromatic nitrogens is 2. The van der Waals surface area contributed by atoms with Gasteiger partial charge in [-0.05, 0) is 24.6 Å². The Labute approximate surface area is 136 Å². The number of thiophene rings is 1. The molecule has 1 aromatic carbocycles. The molecule has 0 N–H and O–H groups in total. The minimum absolute atomic E-state index is 0.102. The Morgan fingerprint density at radius 3 is 2.87 bits per heavy atom. The number of benzene rings is 1. The first-order chi connectivity index (χ1) is 11.0. The summed E-state index contributed by atoms with van der Waals surface area (Å²) in [5, 5.41) is 4.27. The third-order valence-corrected chi connectivity index (χ3v) is 4.65. The predicted molar refractivity (Wildman–Crippen MR) is 84.0 cm³/mol. The fourth-order valence-corrected chi connectivity index (χ4v) is 3.32. The molecule has 2 heterocycles. The van der Waals surface area contributed by atoms with Crippen molar-refractivity contribution in [3.05, 3.63) is 46.2 Å². The van der Waals surface area contributed by atoms with E-state index in [0.717, 1.165) is 0 Å². The normalized spacial score (nSPS) is 11.3. The maximum Gasteiger partial charge on any atom is 0.349 e. The smallest absolute Gasteiger partial charge is 0.349 e. The van der Waals surface area contributed by atoms with Gasteiger partial charge >= 0.3 is 5.97 Å². The van der Waals surface area contributed by atoms with Crippen LogP contribution in [0.4, 0.5) is 4.39 Å². The van der Waals surface area contributed by atoms with Crippen LogP contribution >= 0.6 is 11.3 Å². The van der Waals surface area contributed by atoms with Crippen molar-refractivity contribution < 1.29 is 18.4 Å². The number of hydrogen-bond acceptors (Lipinski definition) is 6. The second kappa shape index (κ2) is 6.08. The Bertz CT molecular complexity index is 869. The van der Waals surface area contributed by atoms with Gasteiger partial charge in [0.25, 0.3) is 5.89 Å².